The van der Waals surface area contributed by atoms with Crippen molar-refractivity contribution in [3.05, 3.63) is 16.3 Å². The standard InChI is InChI=1S/C15H24N2O3S/c1-10(15(2,3)4)17(5)9-12(18)16-11-7-8-21-13(11)14(19)20-6/h7-8,10H,9H2,1-6H3,(H,16,18). The van der Waals surface area contributed by atoms with Gasteiger partial charge in [0, 0.05) is 6.04 Å². The van der Waals surface area contributed by atoms with E-state index in [4.69, 9.17) is 4.74 Å². The highest BCUT2D eigenvalue weighted by Crippen LogP contribution is 2.24. The van der Waals surface area contributed by atoms with E-state index in [9.17, 15) is 9.59 Å². The van der Waals surface area contributed by atoms with Crippen molar-refractivity contribution in [2.75, 3.05) is 26.0 Å². The van der Waals surface area contributed by atoms with E-state index in [1.54, 1.807) is 11.4 Å². The normalized spacial score (nSPS) is 13.1. The van der Waals surface area contributed by atoms with Gasteiger partial charge in [-0.15, -0.1) is 11.3 Å². The molecule has 21 heavy (non-hydrogen) atoms. The number of carbonyl (C=O) groups excluding carboxylic acids is 2. The molecule has 0 saturated heterocycles. The van der Waals surface area contributed by atoms with Gasteiger partial charge in [-0.1, -0.05) is 20.8 Å². The molecule has 1 amide bonds. The van der Waals surface area contributed by atoms with Gasteiger partial charge in [-0.05, 0) is 30.8 Å². The molecule has 1 N–H and O–H groups in total. The van der Waals surface area contributed by atoms with E-state index < -0.39 is 5.97 Å². The van der Waals surface area contributed by atoms with Crippen LogP contribution in [0.4, 0.5) is 5.69 Å². The Labute approximate surface area is 130 Å². The van der Waals surface area contributed by atoms with Gasteiger partial charge in [0.15, 0.2) is 0 Å². The van der Waals surface area contributed by atoms with Crippen LogP contribution in [0.25, 0.3) is 0 Å². The molecule has 0 aliphatic carbocycles. The van der Waals surface area contributed by atoms with Crippen molar-refractivity contribution < 1.29 is 14.3 Å². The third kappa shape index (κ3) is 4.82. The van der Waals surface area contributed by atoms with Gasteiger partial charge in [0.25, 0.3) is 0 Å². The highest BCUT2D eigenvalue weighted by molar-refractivity contribution is 7.12. The molecule has 0 bridgehead atoms. The molecule has 1 heterocycles. The number of rotatable bonds is 5. The Balaban J connectivity index is 2.67. The first-order chi connectivity index (χ1) is 9.66. The molecule has 1 aromatic rings. The van der Waals surface area contributed by atoms with Gasteiger partial charge < -0.3 is 10.1 Å². The van der Waals surface area contributed by atoms with Crippen molar-refractivity contribution in [3.63, 3.8) is 0 Å². The molecule has 0 aliphatic rings. The second kappa shape index (κ2) is 7.04. The van der Waals surface area contributed by atoms with Crippen molar-refractivity contribution in [2.45, 2.75) is 33.7 Å². The zero-order chi connectivity index (χ0) is 16.2. The molecule has 0 radical (unpaired) electrons. The fourth-order valence-corrected chi connectivity index (χ4v) is 2.64. The predicted molar refractivity (Wildman–Crippen MR) is 85.8 cm³/mol. The van der Waals surface area contributed by atoms with Crippen LogP contribution in [-0.4, -0.2) is 43.5 Å². The minimum Gasteiger partial charge on any atom is -0.465 e. The van der Waals surface area contributed by atoms with E-state index in [2.05, 4.69) is 33.0 Å². The topological polar surface area (TPSA) is 58.6 Å². The average Bonchev–Trinajstić information content (AvgIpc) is 2.83. The number of hydrogen-bond donors (Lipinski definition) is 1. The number of carbonyl (C=O) groups is 2. The fraction of sp³-hybridized carbons (Fsp3) is 0.600. The van der Waals surface area contributed by atoms with Crippen LogP contribution in [0.3, 0.4) is 0 Å². The summed E-state index contributed by atoms with van der Waals surface area (Å²) in [6, 6.07) is 1.97. The Morgan fingerprint density at radius 3 is 2.57 bits per heavy atom. The van der Waals surface area contributed by atoms with Crippen molar-refractivity contribution in [1.29, 1.82) is 0 Å². The summed E-state index contributed by atoms with van der Waals surface area (Å²) in [5.74, 6) is -0.575. The van der Waals surface area contributed by atoms with Crippen LogP contribution in [0, 0.1) is 5.41 Å². The molecule has 1 rings (SSSR count). The van der Waals surface area contributed by atoms with Crippen LogP contribution >= 0.6 is 11.3 Å². The summed E-state index contributed by atoms with van der Waals surface area (Å²) in [5, 5.41) is 4.53. The quantitative estimate of drug-likeness (QED) is 0.849. The molecule has 0 saturated carbocycles. The second-order valence-electron chi connectivity index (χ2n) is 6.16. The van der Waals surface area contributed by atoms with Crippen molar-refractivity contribution in [1.82, 2.24) is 4.90 Å². The van der Waals surface area contributed by atoms with Crippen LogP contribution in [-0.2, 0) is 9.53 Å². The van der Waals surface area contributed by atoms with Crippen LogP contribution in [0.5, 0.6) is 0 Å². The van der Waals surface area contributed by atoms with Crippen LogP contribution in [0.1, 0.15) is 37.4 Å². The van der Waals surface area contributed by atoms with E-state index in [1.807, 2.05) is 11.9 Å². The summed E-state index contributed by atoms with van der Waals surface area (Å²) in [7, 11) is 3.25. The number of hydrogen-bond acceptors (Lipinski definition) is 5. The summed E-state index contributed by atoms with van der Waals surface area (Å²) < 4.78 is 4.69. The summed E-state index contributed by atoms with van der Waals surface area (Å²) in [6.07, 6.45) is 0. The molecule has 0 aliphatic heterocycles. The number of nitrogens with zero attached hydrogens (tertiary/aromatic N) is 1. The molecule has 0 fully saturated rings. The van der Waals surface area contributed by atoms with Gasteiger partial charge >= 0.3 is 5.97 Å². The summed E-state index contributed by atoms with van der Waals surface area (Å²) in [4.78, 5) is 26.1. The highest BCUT2D eigenvalue weighted by atomic mass is 32.1. The molecule has 6 heteroatoms. The Bertz CT molecular complexity index is 505. The third-order valence-corrected chi connectivity index (χ3v) is 4.51. The van der Waals surface area contributed by atoms with E-state index >= 15 is 0 Å². The lowest BCUT2D eigenvalue weighted by Crippen LogP contribution is -2.43. The largest absolute Gasteiger partial charge is 0.465 e. The molecule has 1 unspecified atom stereocenters. The SMILES string of the molecule is COC(=O)c1sccc1NC(=O)CN(C)C(C)C(C)(C)C. The Morgan fingerprint density at radius 2 is 2.05 bits per heavy atom. The first-order valence-corrected chi connectivity index (χ1v) is 7.70. The molecular formula is C15H24N2O3S. The number of methoxy groups -OCH3 is 1. The zero-order valence-electron chi connectivity index (χ0n) is 13.5. The number of nitrogens with one attached hydrogen (secondary N) is 1. The number of likely N-dealkylation sites (N-methyl/N-ethyl adjacent to an activating group) is 1. The summed E-state index contributed by atoms with van der Waals surface area (Å²) in [5.41, 5.74) is 0.600. The van der Waals surface area contributed by atoms with Gasteiger partial charge in [0.2, 0.25) is 5.91 Å². The maximum Gasteiger partial charge on any atom is 0.350 e. The average molecular weight is 312 g/mol. The molecular weight excluding hydrogens is 288 g/mol. The predicted octanol–water partition coefficient (Wildman–Crippen LogP) is 2.84. The minimum absolute atomic E-state index is 0.0919. The van der Waals surface area contributed by atoms with Crippen LogP contribution in [0.2, 0.25) is 0 Å². The summed E-state index contributed by atoms with van der Waals surface area (Å²) in [6.45, 7) is 8.79. The van der Waals surface area contributed by atoms with Gasteiger partial charge in [-0.2, -0.15) is 0 Å². The molecule has 1 aromatic heterocycles. The van der Waals surface area contributed by atoms with Crippen molar-refractivity contribution in [2.24, 2.45) is 5.41 Å². The number of ether oxygens (including phenoxy) is 1. The Hall–Kier alpha value is -1.40. The summed E-state index contributed by atoms with van der Waals surface area (Å²) >= 11 is 1.25. The van der Waals surface area contributed by atoms with Crippen molar-refractivity contribution >= 4 is 28.9 Å². The lowest BCUT2D eigenvalue weighted by atomic mass is 9.87. The van der Waals surface area contributed by atoms with Crippen molar-refractivity contribution in [3.8, 4) is 0 Å². The smallest absolute Gasteiger partial charge is 0.350 e. The van der Waals surface area contributed by atoms with E-state index in [1.165, 1.54) is 18.4 Å². The molecule has 0 spiro atoms. The van der Waals surface area contributed by atoms with E-state index in [-0.39, 0.29) is 23.9 Å². The lowest BCUT2D eigenvalue weighted by molar-refractivity contribution is -0.117. The monoisotopic (exact) mass is 312 g/mol. The van der Waals surface area contributed by atoms with Gasteiger partial charge in [0.05, 0.1) is 19.3 Å². The van der Waals surface area contributed by atoms with E-state index in [0.29, 0.717) is 10.6 Å². The van der Waals surface area contributed by atoms with Gasteiger partial charge in [0.1, 0.15) is 4.88 Å². The van der Waals surface area contributed by atoms with Crippen LogP contribution in [0.15, 0.2) is 11.4 Å². The van der Waals surface area contributed by atoms with E-state index in [0.717, 1.165) is 0 Å². The molecule has 118 valence electrons. The molecule has 0 aromatic carbocycles. The Morgan fingerprint density at radius 1 is 1.43 bits per heavy atom. The Kier molecular flexibility index (Phi) is 5.92. The zero-order valence-corrected chi connectivity index (χ0v) is 14.3. The lowest BCUT2D eigenvalue weighted by Gasteiger charge is -2.34. The molecule has 5 nitrogen and oxygen atoms in total. The second-order valence-corrected chi connectivity index (χ2v) is 7.08. The molecule has 1 atom stereocenters. The van der Waals surface area contributed by atoms with Gasteiger partial charge in [-0.25, -0.2) is 4.79 Å². The number of amides is 1. The first kappa shape index (κ1) is 17.7. The number of anilines is 1. The first-order valence-electron chi connectivity index (χ1n) is 6.82. The minimum atomic E-state index is -0.434. The fourth-order valence-electron chi connectivity index (χ4n) is 1.87. The third-order valence-electron chi connectivity index (χ3n) is 3.62. The maximum atomic E-state index is 12.1. The number of thiophene rings is 1. The maximum absolute atomic E-state index is 12.1. The highest BCUT2D eigenvalue weighted by Gasteiger charge is 2.25. The van der Waals surface area contributed by atoms with Gasteiger partial charge in [-0.3, -0.25) is 9.69 Å². The number of esters is 1. The van der Waals surface area contributed by atoms with Crippen LogP contribution < -0.4 is 5.32 Å².